The molecule has 0 spiro atoms. The van der Waals surface area contributed by atoms with Gasteiger partial charge in [0.1, 0.15) is 11.6 Å². The average molecular weight is 410 g/mol. The van der Waals surface area contributed by atoms with Gasteiger partial charge < -0.3 is 9.84 Å². The lowest BCUT2D eigenvalue weighted by Gasteiger charge is -2.27. The van der Waals surface area contributed by atoms with Crippen molar-refractivity contribution in [3.63, 3.8) is 0 Å². The Labute approximate surface area is 176 Å². The SMILES string of the molecule is COc1ccc(CN2CCCC(O)(c3ccc(F)cc3)CC2)cc1Cn1cccn1. The fourth-order valence-electron chi connectivity index (χ4n) is 4.26. The van der Waals surface area contributed by atoms with Gasteiger partial charge in [0.25, 0.3) is 0 Å². The van der Waals surface area contributed by atoms with Crippen molar-refractivity contribution in [2.45, 2.75) is 38.0 Å². The van der Waals surface area contributed by atoms with E-state index in [1.54, 1.807) is 25.4 Å². The summed E-state index contributed by atoms with van der Waals surface area (Å²) < 4.78 is 20.7. The van der Waals surface area contributed by atoms with E-state index in [9.17, 15) is 9.50 Å². The third kappa shape index (κ3) is 4.71. The zero-order chi connectivity index (χ0) is 21.0. The molecule has 158 valence electrons. The van der Waals surface area contributed by atoms with E-state index in [4.69, 9.17) is 4.74 Å². The summed E-state index contributed by atoms with van der Waals surface area (Å²) >= 11 is 0. The number of hydrogen-bond donors (Lipinski definition) is 1. The molecule has 1 N–H and O–H groups in total. The standard InChI is InChI=1S/C24H28FN3O2/c1-30-23-9-4-19(16-20(23)18-28-14-3-12-26-28)17-27-13-2-10-24(29,11-15-27)21-5-7-22(25)8-6-21/h3-9,12,14,16,29H,2,10-11,13,15,17-18H2,1H3. The van der Waals surface area contributed by atoms with Crippen LogP contribution in [0.15, 0.2) is 60.9 Å². The van der Waals surface area contributed by atoms with E-state index >= 15 is 0 Å². The van der Waals surface area contributed by atoms with Crippen molar-refractivity contribution in [1.82, 2.24) is 14.7 Å². The van der Waals surface area contributed by atoms with Crippen molar-refractivity contribution < 1.29 is 14.2 Å². The number of nitrogens with zero attached hydrogens (tertiary/aromatic N) is 3. The molecular formula is C24H28FN3O2. The Hall–Kier alpha value is -2.70. The Morgan fingerprint density at radius 3 is 2.67 bits per heavy atom. The van der Waals surface area contributed by atoms with Crippen LogP contribution in [-0.4, -0.2) is 40.0 Å². The van der Waals surface area contributed by atoms with Crippen molar-refractivity contribution in [3.8, 4) is 5.75 Å². The molecule has 1 aliphatic rings. The predicted octanol–water partition coefficient (Wildman–Crippen LogP) is 3.95. The van der Waals surface area contributed by atoms with E-state index in [-0.39, 0.29) is 5.82 Å². The molecule has 6 heteroatoms. The molecule has 2 aromatic carbocycles. The van der Waals surface area contributed by atoms with Crippen LogP contribution in [0.4, 0.5) is 4.39 Å². The van der Waals surface area contributed by atoms with E-state index in [1.165, 1.54) is 17.7 Å². The smallest absolute Gasteiger partial charge is 0.123 e. The number of hydrogen-bond acceptors (Lipinski definition) is 4. The highest BCUT2D eigenvalue weighted by atomic mass is 19.1. The van der Waals surface area contributed by atoms with Crippen LogP contribution in [-0.2, 0) is 18.7 Å². The van der Waals surface area contributed by atoms with Crippen molar-refractivity contribution in [2.24, 2.45) is 0 Å². The number of methoxy groups -OCH3 is 1. The molecule has 2 heterocycles. The van der Waals surface area contributed by atoms with E-state index < -0.39 is 5.60 Å². The summed E-state index contributed by atoms with van der Waals surface area (Å²) in [5, 5.41) is 15.5. The summed E-state index contributed by atoms with van der Waals surface area (Å²) in [5.41, 5.74) is 2.21. The second-order valence-electron chi connectivity index (χ2n) is 8.02. The minimum atomic E-state index is -0.895. The molecule has 1 aromatic heterocycles. The molecule has 1 aliphatic heterocycles. The van der Waals surface area contributed by atoms with Gasteiger partial charge in [-0.3, -0.25) is 9.58 Å². The molecule has 3 aromatic rings. The van der Waals surface area contributed by atoms with Crippen LogP contribution in [0.3, 0.4) is 0 Å². The fourth-order valence-corrected chi connectivity index (χ4v) is 4.26. The largest absolute Gasteiger partial charge is 0.496 e. The molecule has 0 radical (unpaired) electrons. The first kappa shape index (κ1) is 20.6. The van der Waals surface area contributed by atoms with E-state index in [1.807, 2.05) is 23.0 Å². The minimum absolute atomic E-state index is 0.275. The molecular weight excluding hydrogens is 381 g/mol. The number of ether oxygens (including phenoxy) is 1. The average Bonchev–Trinajstić information content (AvgIpc) is 3.18. The number of benzene rings is 2. The monoisotopic (exact) mass is 409 g/mol. The molecule has 0 aliphatic carbocycles. The molecule has 5 nitrogen and oxygen atoms in total. The van der Waals surface area contributed by atoms with Gasteiger partial charge in [0.15, 0.2) is 0 Å². The third-order valence-electron chi connectivity index (χ3n) is 5.93. The maximum absolute atomic E-state index is 13.3. The molecule has 30 heavy (non-hydrogen) atoms. The van der Waals surface area contributed by atoms with Crippen molar-refractivity contribution in [1.29, 1.82) is 0 Å². The van der Waals surface area contributed by atoms with Gasteiger partial charge in [-0.15, -0.1) is 0 Å². The van der Waals surface area contributed by atoms with Crippen LogP contribution in [0.25, 0.3) is 0 Å². The van der Waals surface area contributed by atoms with E-state index in [0.29, 0.717) is 19.4 Å². The number of aliphatic hydroxyl groups is 1. The van der Waals surface area contributed by atoms with Crippen LogP contribution in [0.5, 0.6) is 5.75 Å². The van der Waals surface area contributed by atoms with Crippen LogP contribution < -0.4 is 4.74 Å². The molecule has 4 rings (SSSR count). The lowest BCUT2D eigenvalue weighted by molar-refractivity contribution is 0.0209. The lowest BCUT2D eigenvalue weighted by atomic mass is 9.87. The number of likely N-dealkylation sites (tertiary alicyclic amines) is 1. The lowest BCUT2D eigenvalue weighted by Crippen LogP contribution is -2.29. The maximum Gasteiger partial charge on any atom is 0.123 e. The van der Waals surface area contributed by atoms with Crippen molar-refractivity contribution >= 4 is 0 Å². The first-order chi connectivity index (χ1) is 14.6. The zero-order valence-corrected chi connectivity index (χ0v) is 17.3. The summed E-state index contributed by atoms with van der Waals surface area (Å²) in [6, 6.07) is 14.5. The van der Waals surface area contributed by atoms with Crippen LogP contribution in [0.1, 0.15) is 36.0 Å². The summed E-state index contributed by atoms with van der Waals surface area (Å²) in [4.78, 5) is 2.38. The number of aromatic nitrogens is 2. The summed E-state index contributed by atoms with van der Waals surface area (Å²) in [7, 11) is 1.69. The van der Waals surface area contributed by atoms with Gasteiger partial charge in [0.05, 0.1) is 19.3 Å². The zero-order valence-electron chi connectivity index (χ0n) is 17.3. The maximum atomic E-state index is 13.3. The van der Waals surface area contributed by atoms with Gasteiger partial charge in [-0.1, -0.05) is 18.2 Å². The molecule has 1 atom stereocenters. The normalized spacial score (nSPS) is 20.1. The van der Waals surface area contributed by atoms with E-state index in [2.05, 4.69) is 22.1 Å². The van der Waals surface area contributed by atoms with Crippen molar-refractivity contribution in [3.05, 3.63) is 83.4 Å². The van der Waals surface area contributed by atoms with Gasteiger partial charge in [0.2, 0.25) is 0 Å². The van der Waals surface area contributed by atoms with Crippen molar-refractivity contribution in [2.75, 3.05) is 20.2 Å². The highest BCUT2D eigenvalue weighted by Crippen LogP contribution is 2.33. The first-order valence-corrected chi connectivity index (χ1v) is 10.4. The molecule has 1 fully saturated rings. The minimum Gasteiger partial charge on any atom is -0.496 e. The fraction of sp³-hybridized carbons (Fsp3) is 0.375. The predicted molar refractivity (Wildman–Crippen MR) is 114 cm³/mol. The molecule has 1 saturated heterocycles. The van der Waals surface area contributed by atoms with E-state index in [0.717, 1.165) is 42.9 Å². The highest BCUT2D eigenvalue weighted by Gasteiger charge is 2.32. The van der Waals surface area contributed by atoms with Crippen LogP contribution in [0.2, 0.25) is 0 Å². The quantitative estimate of drug-likeness (QED) is 0.670. The Balaban J connectivity index is 1.45. The van der Waals surface area contributed by atoms with Gasteiger partial charge >= 0.3 is 0 Å². The molecule has 1 unspecified atom stereocenters. The summed E-state index contributed by atoms with van der Waals surface area (Å²) in [6.07, 6.45) is 5.93. The third-order valence-corrected chi connectivity index (χ3v) is 5.93. The first-order valence-electron chi connectivity index (χ1n) is 10.4. The van der Waals surface area contributed by atoms with Gasteiger partial charge in [0, 0.05) is 31.0 Å². The Kier molecular flexibility index (Phi) is 6.16. The Morgan fingerprint density at radius 1 is 1.10 bits per heavy atom. The van der Waals surface area contributed by atoms with Gasteiger partial charge in [-0.25, -0.2) is 4.39 Å². The second-order valence-corrected chi connectivity index (χ2v) is 8.02. The highest BCUT2D eigenvalue weighted by molar-refractivity contribution is 5.37. The Bertz CT molecular complexity index is 959. The topological polar surface area (TPSA) is 50.5 Å². The van der Waals surface area contributed by atoms with Crippen LogP contribution >= 0.6 is 0 Å². The van der Waals surface area contributed by atoms with Crippen LogP contribution in [0, 0.1) is 5.82 Å². The second kappa shape index (κ2) is 8.98. The summed E-state index contributed by atoms with van der Waals surface area (Å²) in [6.45, 7) is 3.18. The van der Waals surface area contributed by atoms with Gasteiger partial charge in [-0.2, -0.15) is 5.10 Å². The molecule has 0 saturated carbocycles. The van der Waals surface area contributed by atoms with Gasteiger partial charge in [-0.05, 0) is 67.3 Å². The number of rotatable bonds is 6. The number of halogens is 1. The summed E-state index contributed by atoms with van der Waals surface area (Å²) in [5.74, 6) is 0.582. The molecule has 0 bridgehead atoms. The Morgan fingerprint density at radius 2 is 1.93 bits per heavy atom. The molecule has 0 amide bonds.